The second kappa shape index (κ2) is 2.70. The summed E-state index contributed by atoms with van der Waals surface area (Å²) in [4.78, 5) is 0. The third-order valence-corrected chi connectivity index (χ3v) is 6.56. The first-order valence-electron chi connectivity index (χ1n) is 6.67. The van der Waals surface area contributed by atoms with Crippen LogP contribution in [0.2, 0.25) is 0 Å². The van der Waals surface area contributed by atoms with Crippen LogP contribution in [0.1, 0.15) is 52.9 Å². The van der Waals surface area contributed by atoms with Gasteiger partial charge in [-0.05, 0) is 61.2 Å². The van der Waals surface area contributed by atoms with Gasteiger partial charge in [-0.15, -0.1) is 0 Å². The largest absolute Gasteiger partial charge is 0.0996 e. The lowest BCUT2D eigenvalue weighted by molar-refractivity contribution is -0.0277. The number of hydrogen-bond donors (Lipinski definition) is 0. The molecule has 5 atom stereocenters. The summed E-state index contributed by atoms with van der Waals surface area (Å²) in [5.41, 5.74) is 2.71. The zero-order chi connectivity index (χ0) is 10.8. The molecule has 0 aromatic heterocycles. The van der Waals surface area contributed by atoms with Gasteiger partial charge in [-0.2, -0.15) is 0 Å². The first-order chi connectivity index (χ1) is 7.01. The van der Waals surface area contributed by atoms with Crippen LogP contribution < -0.4 is 0 Å². The van der Waals surface area contributed by atoms with E-state index in [1.165, 1.54) is 37.7 Å². The van der Waals surface area contributed by atoms with Crippen LogP contribution >= 0.6 is 0 Å². The molecule has 3 saturated carbocycles. The molecular weight excluding hydrogens is 180 g/mol. The Kier molecular flexibility index (Phi) is 1.79. The summed E-state index contributed by atoms with van der Waals surface area (Å²) >= 11 is 0. The van der Waals surface area contributed by atoms with Gasteiger partial charge in [0.15, 0.2) is 0 Å². The quantitative estimate of drug-likeness (QED) is 0.555. The minimum atomic E-state index is 0.560. The molecule has 0 saturated heterocycles. The van der Waals surface area contributed by atoms with Crippen LogP contribution in [0.5, 0.6) is 0 Å². The molecule has 0 heteroatoms. The molecule has 0 aromatic rings. The van der Waals surface area contributed by atoms with Crippen molar-refractivity contribution in [2.24, 2.45) is 28.6 Å². The summed E-state index contributed by atoms with van der Waals surface area (Å²) in [6, 6.07) is 0. The number of rotatable bonds is 1. The first-order valence-corrected chi connectivity index (χ1v) is 6.67. The lowest BCUT2D eigenvalue weighted by Crippen LogP contribution is -2.47. The topological polar surface area (TPSA) is 0 Å². The molecule has 2 bridgehead atoms. The third kappa shape index (κ3) is 0.946. The second-order valence-corrected chi connectivity index (χ2v) is 6.84. The third-order valence-electron chi connectivity index (χ3n) is 6.56. The standard InChI is InChI=1S/C15H24/c1-10(2)15-7-5-6-14(4)11(3)12(9-15)8-13(14)15/h11-13H,1,5-9H2,2-4H3/t11-,12-,13-,14-,15+/m1/s1. The smallest absolute Gasteiger partial charge is 0.00572 e. The fourth-order valence-corrected chi connectivity index (χ4v) is 5.51. The molecular formula is C15H24. The Balaban J connectivity index is 2.07. The van der Waals surface area contributed by atoms with Gasteiger partial charge in [0.05, 0.1) is 0 Å². The number of fused-ring (bicyclic) bond motifs is 1. The maximum atomic E-state index is 4.32. The zero-order valence-corrected chi connectivity index (χ0v) is 10.5. The lowest BCUT2D eigenvalue weighted by Gasteiger charge is -2.55. The van der Waals surface area contributed by atoms with Crippen molar-refractivity contribution in [1.29, 1.82) is 0 Å². The Morgan fingerprint density at radius 1 is 1.33 bits per heavy atom. The fourth-order valence-electron chi connectivity index (χ4n) is 5.51. The van der Waals surface area contributed by atoms with Crippen molar-refractivity contribution in [2.45, 2.75) is 52.9 Å². The molecule has 0 radical (unpaired) electrons. The van der Waals surface area contributed by atoms with Crippen molar-refractivity contribution in [1.82, 2.24) is 0 Å². The second-order valence-electron chi connectivity index (χ2n) is 6.84. The number of hydrogen-bond acceptors (Lipinski definition) is 0. The van der Waals surface area contributed by atoms with E-state index < -0.39 is 0 Å². The van der Waals surface area contributed by atoms with Crippen molar-refractivity contribution in [3.63, 3.8) is 0 Å². The van der Waals surface area contributed by atoms with E-state index in [-0.39, 0.29) is 0 Å². The van der Waals surface area contributed by atoms with E-state index in [1.54, 1.807) is 0 Å². The van der Waals surface area contributed by atoms with Crippen LogP contribution in [0.15, 0.2) is 12.2 Å². The summed E-state index contributed by atoms with van der Waals surface area (Å²) in [5, 5.41) is 0. The maximum absolute atomic E-state index is 4.32. The van der Waals surface area contributed by atoms with Gasteiger partial charge >= 0.3 is 0 Å². The highest BCUT2D eigenvalue weighted by Gasteiger charge is 2.65. The first kappa shape index (κ1) is 9.93. The molecule has 3 fully saturated rings. The lowest BCUT2D eigenvalue weighted by atomic mass is 9.49. The van der Waals surface area contributed by atoms with Crippen LogP contribution in [-0.4, -0.2) is 0 Å². The van der Waals surface area contributed by atoms with Crippen molar-refractivity contribution < 1.29 is 0 Å². The van der Waals surface area contributed by atoms with Crippen LogP contribution in [0.3, 0.4) is 0 Å². The fraction of sp³-hybridized carbons (Fsp3) is 0.867. The van der Waals surface area contributed by atoms with Crippen LogP contribution in [0.25, 0.3) is 0 Å². The van der Waals surface area contributed by atoms with E-state index in [0.29, 0.717) is 10.8 Å². The Labute approximate surface area is 94.1 Å². The van der Waals surface area contributed by atoms with E-state index in [2.05, 4.69) is 27.4 Å². The van der Waals surface area contributed by atoms with Crippen molar-refractivity contribution in [2.75, 3.05) is 0 Å². The maximum Gasteiger partial charge on any atom is -0.00572 e. The Morgan fingerprint density at radius 2 is 2.07 bits per heavy atom. The van der Waals surface area contributed by atoms with E-state index in [0.717, 1.165) is 17.8 Å². The molecule has 84 valence electrons. The van der Waals surface area contributed by atoms with Gasteiger partial charge in [-0.25, -0.2) is 0 Å². The molecule has 0 unspecified atom stereocenters. The molecule has 0 N–H and O–H groups in total. The van der Waals surface area contributed by atoms with Crippen molar-refractivity contribution >= 4 is 0 Å². The summed E-state index contributed by atoms with van der Waals surface area (Å²) in [5.74, 6) is 2.95. The minimum absolute atomic E-state index is 0.560. The molecule has 0 nitrogen and oxygen atoms in total. The average Bonchev–Trinajstić information content (AvgIpc) is 2.67. The SMILES string of the molecule is C=C(C)[C@@]12CCC[C@]3(C)[C@H](C)[C@H](C[C@@H]13)C2. The van der Waals surface area contributed by atoms with Gasteiger partial charge in [0, 0.05) is 0 Å². The molecule has 3 aliphatic carbocycles. The molecule has 0 amide bonds. The van der Waals surface area contributed by atoms with Crippen molar-refractivity contribution in [3.8, 4) is 0 Å². The minimum Gasteiger partial charge on any atom is -0.0996 e. The number of allylic oxidation sites excluding steroid dienone is 1. The molecule has 0 spiro atoms. The highest BCUT2D eigenvalue weighted by atomic mass is 14.7. The molecule has 0 aromatic carbocycles. The molecule has 0 heterocycles. The predicted molar refractivity (Wildman–Crippen MR) is 64.6 cm³/mol. The Bertz CT molecular complexity index is 316. The zero-order valence-electron chi connectivity index (χ0n) is 10.5. The highest BCUT2D eigenvalue weighted by Crippen LogP contribution is 2.73. The van der Waals surface area contributed by atoms with Gasteiger partial charge in [-0.1, -0.05) is 32.4 Å². The summed E-state index contributed by atoms with van der Waals surface area (Å²) in [7, 11) is 0. The van der Waals surface area contributed by atoms with Crippen LogP contribution in [-0.2, 0) is 0 Å². The Hall–Kier alpha value is -0.260. The van der Waals surface area contributed by atoms with Gasteiger partial charge in [0.2, 0.25) is 0 Å². The predicted octanol–water partition coefficient (Wildman–Crippen LogP) is 4.42. The summed E-state index contributed by atoms with van der Waals surface area (Å²) < 4.78 is 0. The van der Waals surface area contributed by atoms with Crippen LogP contribution in [0.4, 0.5) is 0 Å². The van der Waals surface area contributed by atoms with Crippen LogP contribution in [0, 0.1) is 28.6 Å². The van der Waals surface area contributed by atoms with Gasteiger partial charge in [0.25, 0.3) is 0 Å². The monoisotopic (exact) mass is 204 g/mol. The van der Waals surface area contributed by atoms with E-state index >= 15 is 0 Å². The highest BCUT2D eigenvalue weighted by molar-refractivity contribution is 5.23. The summed E-state index contributed by atoms with van der Waals surface area (Å²) in [6.07, 6.45) is 7.32. The van der Waals surface area contributed by atoms with Gasteiger partial charge in [0.1, 0.15) is 0 Å². The Morgan fingerprint density at radius 3 is 2.67 bits per heavy atom. The molecule has 3 rings (SSSR count). The van der Waals surface area contributed by atoms with Crippen molar-refractivity contribution in [3.05, 3.63) is 12.2 Å². The van der Waals surface area contributed by atoms with E-state index in [9.17, 15) is 0 Å². The normalized spacial score (nSPS) is 57.1. The summed E-state index contributed by atoms with van der Waals surface area (Å²) in [6.45, 7) is 11.7. The molecule has 15 heavy (non-hydrogen) atoms. The van der Waals surface area contributed by atoms with E-state index in [4.69, 9.17) is 0 Å². The molecule has 3 aliphatic rings. The van der Waals surface area contributed by atoms with Gasteiger partial charge in [-0.3, -0.25) is 0 Å². The van der Waals surface area contributed by atoms with E-state index in [1.807, 2.05) is 0 Å². The van der Waals surface area contributed by atoms with Gasteiger partial charge < -0.3 is 0 Å². The average molecular weight is 204 g/mol. The molecule has 0 aliphatic heterocycles.